The zero-order valence-corrected chi connectivity index (χ0v) is 9.80. The van der Waals surface area contributed by atoms with E-state index in [9.17, 15) is 0 Å². The van der Waals surface area contributed by atoms with Crippen molar-refractivity contribution in [2.75, 3.05) is 0 Å². The highest BCUT2D eigenvalue weighted by molar-refractivity contribution is 9.10. The van der Waals surface area contributed by atoms with Crippen LogP contribution in [0.15, 0.2) is 17.1 Å². The maximum absolute atomic E-state index is 4.05. The first kappa shape index (κ1) is 11.7. The second-order valence-electron chi connectivity index (χ2n) is 2.74. The molecule has 0 aliphatic heterocycles. The molecule has 1 rings (SSSR count). The molecule has 1 heterocycles. The molecular weight excluding hydrogens is 216 g/mol. The largest absolute Gasteiger partial charge is 0.325 e. The number of nitrogens with zero attached hydrogens (tertiary/aromatic N) is 2. The van der Waals surface area contributed by atoms with E-state index in [0.29, 0.717) is 5.92 Å². The molecule has 0 unspecified atom stereocenters. The molecule has 0 amide bonds. The van der Waals surface area contributed by atoms with Gasteiger partial charge in [0, 0.05) is 18.9 Å². The normalized spacial score (nSPS) is 9.50. The second kappa shape index (κ2) is 6.23. The van der Waals surface area contributed by atoms with Crippen LogP contribution in [-0.2, 0) is 6.54 Å². The monoisotopic (exact) mass is 232 g/mol. The first-order valence-electron chi connectivity index (χ1n) is 4.37. The minimum atomic E-state index is 0.672. The number of rotatable bonds is 2. The first-order valence-corrected chi connectivity index (χ1v) is 5.16. The number of hydrogen-bond acceptors (Lipinski definition) is 1. The van der Waals surface area contributed by atoms with Crippen LogP contribution in [0, 0.1) is 5.92 Å². The van der Waals surface area contributed by atoms with Crippen LogP contribution in [0.25, 0.3) is 0 Å². The van der Waals surface area contributed by atoms with Gasteiger partial charge in [0.2, 0.25) is 0 Å². The highest BCUT2D eigenvalue weighted by Gasteiger charge is 1.99. The Morgan fingerprint density at radius 2 is 2.08 bits per heavy atom. The second-order valence-corrected chi connectivity index (χ2v) is 3.45. The molecule has 1 aromatic heterocycles. The topological polar surface area (TPSA) is 17.8 Å². The Balaban J connectivity index is 0.000000561. The predicted molar refractivity (Wildman–Crippen MR) is 56.1 cm³/mol. The third-order valence-corrected chi connectivity index (χ3v) is 1.89. The van der Waals surface area contributed by atoms with Gasteiger partial charge in [0.15, 0.2) is 4.73 Å². The first-order chi connectivity index (χ1) is 5.70. The van der Waals surface area contributed by atoms with E-state index in [4.69, 9.17) is 0 Å². The summed E-state index contributed by atoms with van der Waals surface area (Å²) in [5, 5.41) is 0. The Morgan fingerprint density at radius 3 is 2.42 bits per heavy atom. The molecule has 0 saturated heterocycles. The Morgan fingerprint density at radius 1 is 1.50 bits per heavy atom. The Kier molecular flexibility index (Phi) is 6.07. The van der Waals surface area contributed by atoms with E-state index in [2.05, 4.69) is 39.3 Å². The molecule has 2 nitrogen and oxygen atoms in total. The molecule has 12 heavy (non-hydrogen) atoms. The smallest absolute Gasteiger partial charge is 0.177 e. The SMILES string of the molecule is CC.CC(C)Cn1ccnc1Br. The van der Waals surface area contributed by atoms with E-state index in [1.807, 2.05) is 20.0 Å². The van der Waals surface area contributed by atoms with Gasteiger partial charge in [-0.2, -0.15) is 0 Å². The predicted octanol–water partition coefficient (Wildman–Crippen LogP) is 3.33. The van der Waals surface area contributed by atoms with Gasteiger partial charge in [-0.25, -0.2) is 4.98 Å². The van der Waals surface area contributed by atoms with Crippen LogP contribution >= 0.6 is 15.9 Å². The standard InChI is InChI=1S/C7H11BrN2.C2H6/c1-6(2)5-10-4-3-9-7(10)8;1-2/h3-4,6H,5H2,1-2H3;1-2H3. The number of aromatic nitrogens is 2. The van der Waals surface area contributed by atoms with E-state index in [1.165, 1.54) is 0 Å². The van der Waals surface area contributed by atoms with Gasteiger partial charge in [-0.15, -0.1) is 0 Å². The van der Waals surface area contributed by atoms with Crippen molar-refractivity contribution in [2.45, 2.75) is 34.2 Å². The fourth-order valence-electron chi connectivity index (χ4n) is 0.841. The zero-order valence-electron chi connectivity index (χ0n) is 8.21. The van der Waals surface area contributed by atoms with Crippen molar-refractivity contribution in [1.82, 2.24) is 9.55 Å². The molecule has 0 fully saturated rings. The minimum Gasteiger partial charge on any atom is -0.325 e. The highest BCUT2D eigenvalue weighted by Crippen LogP contribution is 2.08. The Labute approximate surface area is 83.1 Å². The van der Waals surface area contributed by atoms with Crippen molar-refractivity contribution in [2.24, 2.45) is 5.92 Å². The van der Waals surface area contributed by atoms with E-state index in [1.54, 1.807) is 6.20 Å². The van der Waals surface area contributed by atoms with Crippen molar-refractivity contribution < 1.29 is 0 Å². The van der Waals surface area contributed by atoms with Crippen molar-refractivity contribution in [3.8, 4) is 0 Å². The molecule has 0 aliphatic carbocycles. The van der Waals surface area contributed by atoms with Gasteiger partial charge in [0.25, 0.3) is 0 Å². The minimum absolute atomic E-state index is 0.672. The summed E-state index contributed by atoms with van der Waals surface area (Å²) >= 11 is 3.35. The van der Waals surface area contributed by atoms with Gasteiger partial charge >= 0.3 is 0 Å². The third kappa shape index (κ3) is 3.90. The lowest BCUT2D eigenvalue weighted by Crippen LogP contribution is -2.02. The van der Waals surface area contributed by atoms with Crippen molar-refractivity contribution in [3.05, 3.63) is 17.1 Å². The zero-order chi connectivity index (χ0) is 9.56. The summed E-state index contributed by atoms with van der Waals surface area (Å²) in [6, 6.07) is 0. The van der Waals surface area contributed by atoms with Crippen LogP contribution < -0.4 is 0 Å². The van der Waals surface area contributed by atoms with Crippen LogP contribution in [0.5, 0.6) is 0 Å². The lowest BCUT2D eigenvalue weighted by atomic mass is 10.2. The summed E-state index contributed by atoms with van der Waals surface area (Å²) in [5.41, 5.74) is 0. The molecular formula is C9H17BrN2. The molecule has 0 N–H and O–H groups in total. The van der Waals surface area contributed by atoms with E-state index in [-0.39, 0.29) is 0 Å². The molecule has 3 heteroatoms. The van der Waals surface area contributed by atoms with Crippen LogP contribution in [0.3, 0.4) is 0 Å². The van der Waals surface area contributed by atoms with Crippen LogP contribution in [0.4, 0.5) is 0 Å². The van der Waals surface area contributed by atoms with E-state index in [0.717, 1.165) is 11.3 Å². The molecule has 1 aromatic rings. The van der Waals surface area contributed by atoms with Crippen LogP contribution in [0.2, 0.25) is 0 Å². The fraction of sp³-hybridized carbons (Fsp3) is 0.667. The summed E-state index contributed by atoms with van der Waals surface area (Å²) < 4.78 is 3.01. The number of hydrogen-bond donors (Lipinski definition) is 0. The van der Waals surface area contributed by atoms with E-state index >= 15 is 0 Å². The summed E-state index contributed by atoms with van der Waals surface area (Å²) in [7, 11) is 0. The maximum atomic E-state index is 4.05. The molecule has 0 bridgehead atoms. The van der Waals surface area contributed by atoms with Gasteiger partial charge in [0.05, 0.1) is 0 Å². The third-order valence-electron chi connectivity index (χ3n) is 1.23. The summed E-state index contributed by atoms with van der Waals surface area (Å²) in [6.45, 7) is 9.40. The Hall–Kier alpha value is -0.310. The molecule has 0 spiro atoms. The summed E-state index contributed by atoms with van der Waals surface area (Å²) in [4.78, 5) is 4.05. The van der Waals surface area contributed by atoms with Crippen molar-refractivity contribution in [3.63, 3.8) is 0 Å². The summed E-state index contributed by atoms with van der Waals surface area (Å²) in [6.07, 6.45) is 3.77. The van der Waals surface area contributed by atoms with Gasteiger partial charge in [0.1, 0.15) is 0 Å². The number of imidazole rings is 1. The maximum Gasteiger partial charge on any atom is 0.177 e. The van der Waals surface area contributed by atoms with E-state index < -0.39 is 0 Å². The number of halogens is 1. The molecule has 0 saturated carbocycles. The molecule has 0 aliphatic rings. The summed E-state index contributed by atoms with van der Waals surface area (Å²) in [5.74, 6) is 0.672. The average Bonchev–Trinajstić information content (AvgIpc) is 2.40. The van der Waals surface area contributed by atoms with Gasteiger partial charge < -0.3 is 4.57 Å². The Bertz CT molecular complexity index is 206. The van der Waals surface area contributed by atoms with Gasteiger partial charge in [-0.05, 0) is 21.8 Å². The quantitative estimate of drug-likeness (QED) is 0.766. The van der Waals surface area contributed by atoms with Gasteiger partial charge in [-0.3, -0.25) is 0 Å². The molecule has 0 aromatic carbocycles. The van der Waals surface area contributed by atoms with Crippen LogP contribution in [-0.4, -0.2) is 9.55 Å². The van der Waals surface area contributed by atoms with Crippen LogP contribution in [0.1, 0.15) is 27.7 Å². The molecule has 0 radical (unpaired) electrons. The lowest BCUT2D eigenvalue weighted by molar-refractivity contribution is 0.516. The average molecular weight is 233 g/mol. The van der Waals surface area contributed by atoms with Crippen molar-refractivity contribution in [1.29, 1.82) is 0 Å². The lowest BCUT2D eigenvalue weighted by Gasteiger charge is -2.05. The highest BCUT2D eigenvalue weighted by atomic mass is 79.9. The molecule has 0 atom stereocenters. The van der Waals surface area contributed by atoms with Crippen molar-refractivity contribution >= 4 is 15.9 Å². The van der Waals surface area contributed by atoms with Gasteiger partial charge in [-0.1, -0.05) is 27.7 Å². The molecule has 70 valence electrons. The fourth-order valence-corrected chi connectivity index (χ4v) is 1.22.